The Morgan fingerprint density at radius 1 is 1.04 bits per heavy atom. The van der Waals surface area contributed by atoms with Crippen LogP contribution in [0.1, 0.15) is 24.0 Å². The topological polar surface area (TPSA) is 52.6 Å². The Kier molecular flexibility index (Phi) is 6.18. The van der Waals surface area contributed by atoms with Gasteiger partial charge in [0.1, 0.15) is 0 Å². The highest BCUT2D eigenvalue weighted by Gasteiger charge is 2.17. The molecule has 0 aliphatic carbocycles. The number of aliphatic hydroxyl groups is 1. The molecule has 2 aromatic rings. The normalized spacial score (nSPS) is 12.0. The zero-order valence-electron chi connectivity index (χ0n) is 13.6. The van der Waals surface area contributed by atoms with E-state index < -0.39 is 6.10 Å². The molecule has 0 aliphatic rings. The van der Waals surface area contributed by atoms with E-state index in [2.05, 4.69) is 29.6 Å². The van der Waals surface area contributed by atoms with Gasteiger partial charge in [-0.05, 0) is 18.1 Å². The van der Waals surface area contributed by atoms with Crippen LogP contribution in [0.15, 0.2) is 60.7 Å². The maximum atomic E-state index is 12.1. The Hall–Kier alpha value is -2.33. The minimum absolute atomic E-state index is 0.0984. The van der Waals surface area contributed by atoms with Crippen molar-refractivity contribution >= 4 is 6.03 Å². The number of carbonyl (C=O) groups is 1. The number of nitrogens with one attached hydrogen (secondary N) is 1. The molecule has 23 heavy (non-hydrogen) atoms. The minimum atomic E-state index is -0.537. The van der Waals surface area contributed by atoms with Crippen molar-refractivity contribution in [1.29, 1.82) is 0 Å². The number of aliphatic hydroxyl groups excluding tert-OH is 1. The van der Waals surface area contributed by atoms with E-state index in [1.54, 1.807) is 14.0 Å². The first-order chi connectivity index (χ1) is 11.1. The second-order valence-corrected chi connectivity index (χ2v) is 5.79. The van der Waals surface area contributed by atoms with Gasteiger partial charge in [-0.1, -0.05) is 60.7 Å². The summed E-state index contributed by atoms with van der Waals surface area (Å²) in [7, 11) is 1.68. The fourth-order valence-electron chi connectivity index (χ4n) is 2.60. The van der Waals surface area contributed by atoms with Crippen molar-refractivity contribution in [2.75, 3.05) is 20.1 Å². The molecule has 0 bridgehead atoms. The number of urea groups is 1. The predicted octanol–water partition coefficient (Wildman–Crippen LogP) is 2.84. The molecule has 0 radical (unpaired) electrons. The van der Waals surface area contributed by atoms with E-state index >= 15 is 0 Å². The Morgan fingerprint density at radius 2 is 1.52 bits per heavy atom. The lowest BCUT2D eigenvalue weighted by atomic mass is 9.91. The van der Waals surface area contributed by atoms with Crippen molar-refractivity contribution in [2.45, 2.75) is 18.9 Å². The summed E-state index contributed by atoms with van der Waals surface area (Å²) in [5.74, 6) is 0.0984. The zero-order valence-corrected chi connectivity index (χ0v) is 13.6. The van der Waals surface area contributed by atoms with Crippen molar-refractivity contribution < 1.29 is 9.90 Å². The van der Waals surface area contributed by atoms with Crippen LogP contribution >= 0.6 is 0 Å². The zero-order chi connectivity index (χ0) is 16.7. The third kappa shape index (κ3) is 5.11. The third-order valence-corrected chi connectivity index (χ3v) is 3.75. The molecular formula is C19H24N2O2. The van der Waals surface area contributed by atoms with E-state index in [0.29, 0.717) is 13.1 Å². The summed E-state index contributed by atoms with van der Waals surface area (Å²) in [6.07, 6.45) is -0.537. The van der Waals surface area contributed by atoms with Crippen LogP contribution in [0.25, 0.3) is 0 Å². The second kappa shape index (κ2) is 8.34. The molecule has 122 valence electrons. The highest BCUT2D eigenvalue weighted by molar-refractivity contribution is 5.74. The molecule has 4 heteroatoms. The molecular weight excluding hydrogens is 288 g/mol. The first-order valence-corrected chi connectivity index (χ1v) is 7.85. The van der Waals surface area contributed by atoms with E-state index in [-0.39, 0.29) is 11.9 Å². The van der Waals surface area contributed by atoms with Gasteiger partial charge in [-0.3, -0.25) is 0 Å². The molecule has 0 aliphatic heterocycles. The number of amides is 2. The van der Waals surface area contributed by atoms with E-state index in [0.717, 1.165) is 11.1 Å². The summed E-state index contributed by atoms with van der Waals surface area (Å²) >= 11 is 0. The summed E-state index contributed by atoms with van der Waals surface area (Å²) in [6, 6.07) is 20.1. The van der Waals surface area contributed by atoms with Gasteiger partial charge in [-0.25, -0.2) is 4.79 Å². The molecule has 4 nitrogen and oxygen atoms in total. The molecule has 2 amide bonds. The van der Waals surface area contributed by atoms with Gasteiger partial charge >= 0.3 is 6.03 Å². The Balaban J connectivity index is 2.09. The number of likely N-dealkylation sites (N-methyl/N-ethyl adjacent to an activating group) is 1. The summed E-state index contributed by atoms with van der Waals surface area (Å²) in [5, 5.41) is 12.3. The summed E-state index contributed by atoms with van der Waals surface area (Å²) in [4.78, 5) is 13.6. The standard InChI is InChI=1S/C19H24N2O2/c1-15(22)14-21(2)19(23)20-13-18(16-9-5-3-6-10-16)17-11-7-4-8-12-17/h3-12,15,18,22H,13-14H2,1-2H3,(H,20,23)/t15-/m0/s1. The van der Waals surface area contributed by atoms with Crippen LogP contribution in [0.4, 0.5) is 4.79 Å². The van der Waals surface area contributed by atoms with Crippen LogP contribution in [0.5, 0.6) is 0 Å². The number of nitrogens with zero attached hydrogens (tertiary/aromatic N) is 1. The van der Waals surface area contributed by atoms with E-state index in [4.69, 9.17) is 0 Å². The molecule has 0 fully saturated rings. The van der Waals surface area contributed by atoms with Crippen molar-refractivity contribution in [2.24, 2.45) is 0 Å². The highest BCUT2D eigenvalue weighted by Crippen LogP contribution is 2.23. The lowest BCUT2D eigenvalue weighted by Crippen LogP contribution is -2.42. The third-order valence-electron chi connectivity index (χ3n) is 3.75. The van der Waals surface area contributed by atoms with E-state index in [1.165, 1.54) is 4.90 Å². The molecule has 0 saturated heterocycles. The number of carbonyl (C=O) groups excluding carboxylic acids is 1. The Morgan fingerprint density at radius 3 is 1.96 bits per heavy atom. The molecule has 1 atom stereocenters. The van der Waals surface area contributed by atoms with Crippen molar-refractivity contribution in [3.05, 3.63) is 71.8 Å². The Labute approximate surface area is 137 Å². The predicted molar refractivity (Wildman–Crippen MR) is 92.4 cm³/mol. The monoisotopic (exact) mass is 312 g/mol. The number of rotatable bonds is 6. The van der Waals surface area contributed by atoms with Crippen LogP contribution in [0.3, 0.4) is 0 Å². The molecule has 0 unspecified atom stereocenters. The van der Waals surface area contributed by atoms with Crippen LogP contribution < -0.4 is 5.32 Å². The SMILES string of the molecule is C[C@H](O)CN(C)C(=O)NCC(c1ccccc1)c1ccccc1. The van der Waals surface area contributed by atoms with Crippen molar-refractivity contribution in [3.8, 4) is 0 Å². The second-order valence-electron chi connectivity index (χ2n) is 5.79. The van der Waals surface area contributed by atoms with Crippen molar-refractivity contribution in [3.63, 3.8) is 0 Å². The van der Waals surface area contributed by atoms with Crippen molar-refractivity contribution in [1.82, 2.24) is 10.2 Å². The van der Waals surface area contributed by atoms with Gasteiger partial charge in [-0.2, -0.15) is 0 Å². The molecule has 2 N–H and O–H groups in total. The molecule has 0 saturated carbocycles. The molecule has 2 aromatic carbocycles. The largest absolute Gasteiger partial charge is 0.392 e. The average molecular weight is 312 g/mol. The van der Waals surface area contributed by atoms with Gasteiger partial charge in [0.05, 0.1) is 6.10 Å². The van der Waals surface area contributed by atoms with Gasteiger partial charge in [0.2, 0.25) is 0 Å². The first-order valence-electron chi connectivity index (χ1n) is 7.85. The van der Waals surface area contributed by atoms with Crippen LogP contribution in [-0.2, 0) is 0 Å². The maximum Gasteiger partial charge on any atom is 0.317 e. The lowest BCUT2D eigenvalue weighted by Gasteiger charge is -2.23. The quantitative estimate of drug-likeness (QED) is 0.862. The minimum Gasteiger partial charge on any atom is -0.392 e. The first kappa shape index (κ1) is 17.0. The van der Waals surface area contributed by atoms with Crippen LogP contribution in [-0.4, -0.2) is 42.3 Å². The lowest BCUT2D eigenvalue weighted by molar-refractivity contribution is 0.144. The van der Waals surface area contributed by atoms with Gasteiger partial charge < -0.3 is 15.3 Å². The number of hydrogen-bond donors (Lipinski definition) is 2. The molecule has 2 rings (SSSR count). The average Bonchev–Trinajstić information content (AvgIpc) is 2.56. The van der Waals surface area contributed by atoms with Gasteiger partial charge in [0.15, 0.2) is 0 Å². The van der Waals surface area contributed by atoms with E-state index in [9.17, 15) is 9.90 Å². The molecule has 0 aromatic heterocycles. The fourth-order valence-corrected chi connectivity index (χ4v) is 2.60. The molecule has 0 heterocycles. The number of benzene rings is 2. The summed E-state index contributed by atoms with van der Waals surface area (Å²) in [6.45, 7) is 2.49. The Bertz CT molecular complexity index is 560. The van der Waals surface area contributed by atoms with Crippen LogP contribution in [0, 0.1) is 0 Å². The summed E-state index contributed by atoms with van der Waals surface area (Å²) in [5.41, 5.74) is 2.33. The maximum absolute atomic E-state index is 12.1. The number of hydrogen-bond acceptors (Lipinski definition) is 2. The van der Waals surface area contributed by atoms with Crippen LogP contribution in [0.2, 0.25) is 0 Å². The molecule has 0 spiro atoms. The van der Waals surface area contributed by atoms with Gasteiger partial charge in [-0.15, -0.1) is 0 Å². The fraction of sp³-hybridized carbons (Fsp3) is 0.316. The van der Waals surface area contributed by atoms with Gasteiger partial charge in [0.25, 0.3) is 0 Å². The van der Waals surface area contributed by atoms with Gasteiger partial charge in [0, 0.05) is 26.1 Å². The smallest absolute Gasteiger partial charge is 0.317 e. The van der Waals surface area contributed by atoms with E-state index in [1.807, 2.05) is 36.4 Å². The summed E-state index contributed by atoms with van der Waals surface area (Å²) < 4.78 is 0. The highest BCUT2D eigenvalue weighted by atomic mass is 16.3.